The molecule has 8 heteroatoms. The fraction of sp³-hybridized carbons (Fsp3) is 0.700. The Labute approximate surface area is 107 Å². The number of nitrogen functional groups attached to an aromatic ring is 1. The van der Waals surface area contributed by atoms with Crippen molar-refractivity contribution in [3.05, 3.63) is 6.20 Å². The third-order valence-electron chi connectivity index (χ3n) is 3.20. The SMILES string of the molecule is CCN1CCCC(NS(=O)(=O)c2cn[nH]c2N)C1. The molecule has 0 aromatic carbocycles. The van der Waals surface area contributed by atoms with Crippen LogP contribution in [-0.4, -0.2) is 49.2 Å². The number of aromatic amines is 1. The van der Waals surface area contributed by atoms with E-state index >= 15 is 0 Å². The van der Waals surface area contributed by atoms with Crippen LogP contribution in [0.15, 0.2) is 11.1 Å². The molecule has 0 bridgehead atoms. The number of nitrogens with zero attached hydrogens (tertiary/aromatic N) is 2. The third kappa shape index (κ3) is 2.82. The first-order valence-electron chi connectivity index (χ1n) is 6.06. The van der Waals surface area contributed by atoms with Gasteiger partial charge in [0.1, 0.15) is 10.7 Å². The number of likely N-dealkylation sites (tertiary alicyclic amines) is 1. The van der Waals surface area contributed by atoms with Gasteiger partial charge in [-0.3, -0.25) is 5.10 Å². The summed E-state index contributed by atoms with van der Waals surface area (Å²) in [5.74, 6) is 0.0747. The van der Waals surface area contributed by atoms with E-state index in [0.29, 0.717) is 0 Å². The van der Waals surface area contributed by atoms with Gasteiger partial charge in [-0.15, -0.1) is 0 Å². The van der Waals surface area contributed by atoms with E-state index in [-0.39, 0.29) is 16.8 Å². The number of nitrogens with one attached hydrogen (secondary N) is 2. The minimum atomic E-state index is -3.57. The molecular formula is C10H19N5O2S. The quantitative estimate of drug-likeness (QED) is 0.702. The Morgan fingerprint density at radius 3 is 3.06 bits per heavy atom. The molecule has 2 heterocycles. The second-order valence-electron chi connectivity index (χ2n) is 4.50. The van der Waals surface area contributed by atoms with Crippen LogP contribution in [0.25, 0.3) is 0 Å². The molecule has 1 aliphatic rings. The lowest BCUT2D eigenvalue weighted by Crippen LogP contribution is -2.47. The van der Waals surface area contributed by atoms with E-state index in [1.165, 1.54) is 6.20 Å². The van der Waals surface area contributed by atoms with Gasteiger partial charge in [0, 0.05) is 12.6 Å². The summed E-state index contributed by atoms with van der Waals surface area (Å²) < 4.78 is 26.9. The van der Waals surface area contributed by atoms with Gasteiger partial charge >= 0.3 is 0 Å². The molecule has 1 saturated heterocycles. The van der Waals surface area contributed by atoms with E-state index in [4.69, 9.17) is 5.73 Å². The van der Waals surface area contributed by atoms with Crippen molar-refractivity contribution in [2.75, 3.05) is 25.4 Å². The van der Waals surface area contributed by atoms with Crippen LogP contribution in [0.4, 0.5) is 5.82 Å². The van der Waals surface area contributed by atoms with Crippen molar-refractivity contribution in [3.63, 3.8) is 0 Å². The standard InChI is InChI=1S/C10H19N5O2S/c1-2-15-5-3-4-8(7-15)14-18(16,17)9-6-12-13-10(9)11/h6,8,14H,2-5,7H2,1H3,(H3,11,12,13). The molecule has 1 aromatic heterocycles. The minimum Gasteiger partial charge on any atom is -0.383 e. The van der Waals surface area contributed by atoms with Crippen molar-refractivity contribution in [2.45, 2.75) is 30.7 Å². The van der Waals surface area contributed by atoms with Gasteiger partial charge in [-0.25, -0.2) is 13.1 Å². The van der Waals surface area contributed by atoms with E-state index in [2.05, 4.69) is 26.7 Å². The summed E-state index contributed by atoms with van der Waals surface area (Å²) in [6, 6.07) is -0.0574. The average molecular weight is 273 g/mol. The van der Waals surface area contributed by atoms with Crippen LogP contribution in [0.3, 0.4) is 0 Å². The molecule has 0 radical (unpaired) electrons. The van der Waals surface area contributed by atoms with Gasteiger partial charge in [0.15, 0.2) is 0 Å². The highest BCUT2D eigenvalue weighted by atomic mass is 32.2. The Balaban J connectivity index is 2.07. The monoisotopic (exact) mass is 273 g/mol. The fourth-order valence-corrected chi connectivity index (χ4v) is 3.51. The first-order valence-corrected chi connectivity index (χ1v) is 7.54. The predicted octanol–water partition coefficient (Wildman–Crippen LogP) is -0.245. The predicted molar refractivity (Wildman–Crippen MR) is 68.5 cm³/mol. The molecular weight excluding hydrogens is 254 g/mol. The topological polar surface area (TPSA) is 104 Å². The molecule has 1 unspecified atom stereocenters. The number of hydrogen-bond donors (Lipinski definition) is 3. The molecule has 7 nitrogen and oxygen atoms in total. The zero-order chi connectivity index (χ0) is 13.2. The summed E-state index contributed by atoms with van der Waals surface area (Å²) >= 11 is 0. The van der Waals surface area contributed by atoms with Crippen LogP contribution in [0.2, 0.25) is 0 Å². The fourth-order valence-electron chi connectivity index (χ4n) is 2.22. The lowest BCUT2D eigenvalue weighted by Gasteiger charge is -2.31. The van der Waals surface area contributed by atoms with Gasteiger partial charge in [-0.05, 0) is 25.9 Å². The van der Waals surface area contributed by atoms with Crippen LogP contribution in [0.1, 0.15) is 19.8 Å². The number of anilines is 1. The molecule has 1 aliphatic heterocycles. The largest absolute Gasteiger partial charge is 0.383 e. The third-order valence-corrected chi connectivity index (χ3v) is 4.74. The Bertz CT molecular complexity index is 498. The molecule has 1 atom stereocenters. The molecule has 1 fully saturated rings. The highest BCUT2D eigenvalue weighted by Crippen LogP contribution is 2.17. The second kappa shape index (κ2) is 5.25. The van der Waals surface area contributed by atoms with Gasteiger partial charge in [-0.1, -0.05) is 6.92 Å². The first kappa shape index (κ1) is 13.3. The van der Waals surface area contributed by atoms with E-state index in [1.54, 1.807) is 0 Å². The minimum absolute atomic E-state index is 0.0242. The van der Waals surface area contributed by atoms with Crippen molar-refractivity contribution in [1.82, 2.24) is 19.8 Å². The zero-order valence-corrected chi connectivity index (χ0v) is 11.2. The van der Waals surface area contributed by atoms with Crippen molar-refractivity contribution in [2.24, 2.45) is 0 Å². The number of rotatable bonds is 4. The molecule has 2 rings (SSSR count). The maximum absolute atomic E-state index is 12.1. The molecule has 1 aromatic rings. The van der Waals surface area contributed by atoms with Crippen molar-refractivity contribution < 1.29 is 8.42 Å². The molecule has 0 amide bonds. The van der Waals surface area contributed by atoms with Crippen LogP contribution >= 0.6 is 0 Å². The number of piperidine rings is 1. The van der Waals surface area contributed by atoms with Gasteiger partial charge < -0.3 is 10.6 Å². The van der Waals surface area contributed by atoms with Crippen molar-refractivity contribution in [1.29, 1.82) is 0 Å². The lowest BCUT2D eigenvalue weighted by molar-refractivity contribution is 0.211. The molecule has 0 spiro atoms. The van der Waals surface area contributed by atoms with E-state index < -0.39 is 10.0 Å². The normalized spacial score (nSPS) is 22.2. The van der Waals surface area contributed by atoms with Crippen LogP contribution < -0.4 is 10.5 Å². The molecule has 102 valence electrons. The van der Waals surface area contributed by atoms with Crippen LogP contribution in [0, 0.1) is 0 Å². The van der Waals surface area contributed by atoms with Gasteiger partial charge in [0.05, 0.1) is 6.20 Å². The zero-order valence-electron chi connectivity index (χ0n) is 10.4. The highest BCUT2D eigenvalue weighted by Gasteiger charge is 2.26. The maximum Gasteiger partial charge on any atom is 0.246 e. The van der Waals surface area contributed by atoms with Gasteiger partial charge in [0.2, 0.25) is 10.0 Å². The van der Waals surface area contributed by atoms with E-state index in [9.17, 15) is 8.42 Å². The molecule has 0 saturated carbocycles. The van der Waals surface area contributed by atoms with Crippen molar-refractivity contribution in [3.8, 4) is 0 Å². The van der Waals surface area contributed by atoms with E-state index in [1.807, 2.05) is 0 Å². The van der Waals surface area contributed by atoms with Crippen LogP contribution in [-0.2, 0) is 10.0 Å². The smallest absolute Gasteiger partial charge is 0.246 e. The summed E-state index contributed by atoms with van der Waals surface area (Å²) in [4.78, 5) is 2.26. The number of sulfonamides is 1. The molecule has 4 N–H and O–H groups in total. The Hall–Kier alpha value is -1.12. The highest BCUT2D eigenvalue weighted by molar-refractivity contribution is 7.89. The Kier molecular flexibility index (Phi) is 3.88. The maximum atomic E-state index is 12.1. The number of likely N-dealkylation sites (N-methyl/N-ethyl adjacent to an activating group) is 1. The number of aromatic nitrogens is 2. The summed E-state index contributed by atoms with van der Waals surface area (Å²) in [6.07, 6.45) is 3.09. The first-order chi connectivity index (χ1) is 8.53. The van der Waals surface area contributed by atoms with Gasteiger partial charge in [0.25, 0.3) is 0 Å². The van der Waals surface area contributed by atoms with Gasteiger partial charge in [-0.2, -0.15) is 5.10 Å². The Morgan fingerprint density at radius 1 is 1.67 bits per heavy atom. The lowest BCUT2D eigenvalue weighted by atomic mass is 10.1. The van der Waals surface area contributed by atoms with E-state index in [0.717, 1.165) is 32.5 Å². The molecule has 18 heavy (non-hydrogen) atoms. The Morgan fingerprint density at radius 2 is 2.44 bits per heavy atom. The van der Waals surface area contributed by atoms with Crippen molar-refractivity contribution >= 4 is 15.8 Å². The summed E-state index contributed by atoms with van der Waals surface area (Å²) in [7, 11) is -3.57. The number of nitrogens with two attached hydrogens (primary N) is 1. The average Bonchev–Trinajstić information content (AvgIpc) is 2.76. The molecule has 0 aliphatic carbocycles. The van der Waals surface area contributed by atoms with Crippen LogP contribution in [0.5, 0.6) is 0 Å². The number of H-pyrrole nitrogens is 1. The summed E-state index contributed by atoms with van der Waals surface area (Å²) in [5.41, 5.74) is 5.54. The number of hydrogen-bond acceptors (Lipinski definition) is 5. The second-order valence-corrected chi connectivity index (χ2v) is 6.18. The summed E-state index contributed by atoms with van der Waals surface area (Å²) in [6.45, 7) is 4.78. The summed E-state index contributed by atoms with van der Waals surface area (Å²) in [5, 5.41) is 6.06.